The fourth-order valence-electron chi connectivity index (χ4n) is 2.09. The highest BCUT2D eigenvalue weighted by Gasteiger charge is 2.23. The van der Waals surface area contributed by atoms with E-state index in [4.69, 9.17) is 5.73 Å². The number of hydrogen-bond donors (Lipinski definition) is 2. The van der Waals surface area contributed by atoms with Gasteiger partial charge in [0.15, 0.2) is 0 Å². The number of amides is 1. The van der Waals surface area contributed by atoms with E-state index in [0.29, 0.717) is 19.0 Å². The Morgan fingerprint density at radius 2 is 2.39 bits per heavy atom. The third kappa shape index (κ3) is 2.04. The molecule has 5 nitrogen and oxygen atoms in total. The van der Waals surface area contributed by atoms with Crippen LogP contribution in [0.3, 0.4) is 0 Å². The zero-order valence-electron chi connectivity index (χ0n) is 9.80. The summed E-state index contributed by atoms with van der Waals surface area (Å²) in [4.78, 5) is 17.0. The van der Waals surface area contributed by atoms with Gasteiger partial charge in [-0.3, -0.25) is 4.79 Å². The van der Waals surface area contributed by atoms with E-state index in [1.54, 1.807) is 11.3 Å². The van der Waals surface area contributed by atoms with Crippen molar-refractivity contribution in [2.24, 2.45) is 5.73 Å². The number of fused-ring (bicyclic) bond motifs is 1. The summed E-state index contributed by atoms with van der Waals surface area (Å²) in [6.07, 6.45) is 0.693. The van der Waals surface area contributed by atoms with Gasteiger partial charge in [-0.25, -0.2) is 4.98 Å². The zero-order valence-corrected chi connectivity index (χ0v) is 10.6. The second kappa shape index (κ2) is 4.55. The van der Waals surface area contributed by atoms with Gasteiger partial charge in [0.25, 0.3) is 0 Å². The summed E-state index contributed by atoms with van der Waals surface area (Å²) in [5.41, 5.74) is 7.96. The Balaban J connectivity index is 1.84. The van der Waals surface area contributed by atoms with Crippen molar-refractivity contribution in [3.8, 4) is 0 Å². The molecule has 1 aliphatic heterocycles. The Morgan fingerprint density at radius 1 is 1.56 bits per heavy atom. The molecule has 0 saturated carbocycles. The molecule has 18 heavy (non-hydrogen) atoms. The van der Waals surface area contributed by atoms with Crippen LogP contribution in [0.15, 0.2) is 18.2 Å². The molecule has 1 amide bonds. The van der Waals surface area contributed by atoms with E-state index in [1.807, 2.05) is 6.07 Å². The molecule has 2 aromatic rings. The van der Waals surface area contributed by atoms with E-state index in [-0.39, 0.29) is 0 Å². The minimum atomic E-state index is 0.300. The number of anilines is 1. The lowest BCUT2D eigenvalue weighted by Crippen LogP contribution is -2.55. The lowest BCUT2D eigenvalue weighted by Gasteiger charge is -2.38. The topological polar surface area (TPSA) is 71.2 Å². The molecule has 0 radical (unpaired) electrons. The molecule has 3 N–H and O–H groups in total. The molecule has 0 unspecified atom stereocenters. The summed E-state index contributed by atoms with van der Waals surface area (Å²) in [7, 11) is 0. The number of aromatic nitrogens is 1. The number of thiazole rings is 1. The Labute approximate surface area is 109 Å². The predicted octanol–water partition coefficient (Wildman–Crippen LogP) is 0.690. The van der Waals surface area contributed by atoms with Crippen molar-refractivity contribution in [3.63, 3.8) is 0 Å². The first-order valence-corrected chi connectivity index (χ1v) is 6.65. The van der Waals surface area contributed by atoms with Gasteiger partial charge in [0.1, 0.15) is 5.01 Å². The van der Waals surface area contributed by atoms with Crippen molar-refractivity contribution in [1.29, 1.82) is 0 Å². The maximum Gasteiger partial charge on any atom is 0.207 e. The minimum absolute atomic E-state index is 0.300. The lowest BCUT2D eigenvalue weighted by atomic mass is 10.1. The van der Waals surface area contributed by atoms with Crippen LogP contribution < -0.4 is 16.0 Å². The van der Waals surface area contributed by atoms with E-state index < -0.39 is 0 Å². The van der Waals surface area contributed by atoms with Crippen LogP contribution in [0.2, 0.25) is 0 Å². The summed E-state index contributed by atoms with van der Waals surface area (Å²) in [5, 5.41) is 3.56. The first-order chi connectivity index (χ1) is 8.76. The molecule has 1 aromatic carbocycles. The Hall–Kier alpha value is -1.66. The van der Waals surface area contributed by atoms with Gasteiger partial charge in [0.2, 0.25) is 6.41 Å². The third-order valence-electron chi connectivity index (χ3n) is 3.03. The van der Waals surface area contributed by atoms with E-state index in [1.165, 1.54) is 5.69 Å². The summed E-state index contributed by atoms with van der Waals surface area (Å²) in [5.74, 6) is 0. The highest BCUT2D eigenvalue weighted by atomic mass is 32.1. The van der Waals surface area contributed by atoms with E-state index in [9.17, 15) is 4.79 Å². The van der Waals surface area contributed by atoms with Crippen LogP contribution in [-0.2, 0) is 11.3 Å². The molecule has 1 aromatic heterocycles. The number of nitrogens with one attached hydrogen (secondary N) is 1. The van der Waals surface area contributed by atoms with Gasteiger partial charge in [-0.1, -0.05) is 0 Å². The third-order valence-corrected chi connectivity index (χ3v) is 4.05. The zero-order chi connectivity index (χ0) is 12.5. The second-order valence-electron chi connectivity index (χ2n) is 4.42. The van der Waals surface area contributed by atoms with Crippen LogP contribution in [0.25, 0.3) is 10.2 Å². The van der Waals surface area contributed by atoms with Crippen LogP contribution >= 0.6 is 11.3 Å². The van der Waals surface area contributed by atoms with E-state index in [0.717, 1.165) is 28.3 Å². The molecule has 0 spiro atoms. The average molecular weight is 262 g/mol. The summed E-state index contributed by atoms with van der Waals surface area (Å²) < 4.78 is 1.15. The standard InChI is InChI=1S/C12H14N4OS/c13-8-5-16(6-8)9-1-2-10-11(3-9)18-12(15-10)4-14-7-17/h1-3,7-8H,4-6,13H2,(H,14,17). The Bertz CT molecular complexity index is 576. The summed E-state index contributed by atoms with van der Waals surface area (Å²) in [6, 6.07) is 6.54. The Kier molecular flexibility index (Phi) is 2.89. The van der Waals surface area contributed by atoms with Gasteiger partial charge in [-0.2, -0.15) is 0 Å². The molecule has 0 bridgehead atoms. The van der Waals surface area contributed by atoms with Gasteiger partial charge in [0.05, 0.1) is 16.8 Å². The lowest BCUT2D eigenvalue weighted by molar-refractivity contribution is -0.109. The van der Waals surface area contributed by atoms with Crippen molar-refractivity contribution in [2.75, 3.05) is 18.0 Å². The van der Waals surface area contributed by atoms with Crippen LogP contribution in [0, 0.1) is 0 Å². The molecular weight excluding hydrogens is 248 g/mol. The molecule has 3 rings (SSSR count). The molecule has 6 heteroatoms. The molecule has 0 aliphatic carbocycles. The average Bonchev–Trinajstić information content (AvgIpc) is 2.74. The second-order valence-corrected chi connectivity index (χ2v) is 5.54. The van der Waals surface area contributed by atoms with Gasteiger partial charge >= 0.3 is 0 Å². The fourth-order valence-corrected chi connectivity index (χ4v) is 3.04. The van der Waals surface area contributed by atoms with Crippen molar-refractivity contribution in [2.45, 2.75) is 12.6 Å². The summed E-state index contributed by atoms with van der Waals surface area (Å²) in [6.45, 7) is 2.33. The van der Waals surface area contributed by atoms with Crippen LogP contribution in [0.1, 0.15) is 5.01 Å². The number of rotatable bonds is 4. The first kappa shape index (κ1) is 11.4. The normalized spacial score (nSPS) is 15.7. The van der Waals surface area contributed by atoms with Crippen molar-refractivity contribution in [3.05, 3.63) is 23.2 Å². The SMILES string of the molecule is NC1CN(c2ccc3nc(CNC=O)sc3c2)C1. The van der Waals surface area contributed by atoms with Crippen molar-refractivity contribution < 1.29 is 4.79 Å². The maximum absolute atomic E-state index is 10.3. The molecule has 94 valence electrons. The van der Waals surface area contributed by atoms with Crippen molar-refractivity contribution >= 4 is 33.7 Å². The number of benzene rings is 1. The van der Waals surface area contributed by atoms with Gasteiger partial charge < -0.3 is 16.0 Å². The quantitative estimate of drug-likeness (QED) is 0.795. The smallest absolute Gasteiger partial charge is 0.207 e. The number of hydrogen-bond acceptors (Lipinski definition) is 5. The Morgan fingerprint density at radius 3 is 3.11 bits per heavy atom. The molecule has 1 fully saturated rings. The highest BCUT2D eigenvalue weighted by molar-refractivity contribution is 7.18. The van der Waals surface area contributed by atoms with Crippen LogP contribution in [0.5, 0.6) is 0 Å². The summed E-state index contributed by atoms with van der Waals surface area (Å²) >= 11 is 1.61. The monoisotopic (exact) mass is 262 g/mol. The molecule has 1 saturated heterocycles. The largest absolute Gasteiger partial charge is 0.368 e. The maximum atomic E-state index is 10.3. The fraction of sp³-hybridized carbons (Fsp3) is 0.333. The first-order valence-electron chi connectivity index (χ1n) is 5.83. The minimum Gasteiger partial charge on any atom is -0.368 e. The van der Waals surface area contributed by atoms with Crippen molar-refractivity contribution in [1.82, 2.24) is 10.3 Å². The van der Waals surface area contributed by atoms with Gasteiger partial charge in [-0.05, 0) is 18.2 Å². The van der Waals surface area contributed by atoms with Crippen LogP contribution in [-0.4, -0.2) is 30.5 Å². The van der Waals surface area contributed by atoms with Gasteiger partial charge in [-0.15, -0.1) is 11.3 Å². The van der Waals surface area contributed by atoms with E-state index in [2.05, 4.69) is 27.3 Å². The molecule has 2 heterocycles. The number of carbonyl (C=O) groups excluding carboxylic acids is 1. The highest BCUT2D eigenvalue weighted by Crippen LogP contribution is 2.28. The molecule has 0 atom stereocenters. The van der Waals surface area contributed by atoms with E-state index >= 15 is 0 Å². The number of nitrogens with two attached hydrogens (primary N) is 1. The molecule has 1 aliphatic rings. The number of nitrogens with zero attached hydrogens (tertiary/aromatic N) is 2. The van der Waals surface area contributed by atoms with Crippen LogP contribution in [0.4, 0.5) is 5.69 Å². The number of carbonyl (C=O) groups is 1. The molecular formula is C12H14N4OS. The predicted molar refractivity (Wildman–Crippen MR) is 72.7 cm³/mol. The van der Waals surface area contributed by atoms with Gasteiger partial charge in [0, 0.05) is 24.8 Å².